The summed E-state index contributed by atoms with van der Waals surface area (Å²) < 4.78 is 44.1. The van der Waals surface area contributed by atoms with Crippen molar-refractivity contribution in [2.75, 3.05) is 20.2 Å². The number of carbonyl (C=O) groups excluding carboxylic acids is 1. The largest absolute Gasteiger partial charge is 0.481 e. The first-order chi connectivity index (χ1) is 10.7. The van der Waals surface area contributed by atoms with Crippen molar-refractivity contribution >= 4 is 12.0 Å². The first-order valence-corrected chi connectivity index (χ1v) is 7.61. The van der Waals surface area contributed by atoms with E-state index in [9.17, 15) is 22.8 Å². The van der Waals surface area contributed by atoms with Gasteiger partial charge in [0.1, 0.15) is 0 Å². The molecule has 0 unspecified atom stereocenters. The van der Waals surface area contributed by atoms with Crippen molar-refractivity contribution in [3.05, 3.63) is 0 Å². The fourth-order valence-corrected chi connectivity index (χ4v) is 3.35. The molecule has 2 rings (SSSR count). The minimum atomic E-state index is -4.64. The molecule has 4 atom stereocenters. The van der Waals surface area contributed by atoms with Crippen molar-refractivity contribution < 1.29 is 32.6 Å². The van der Waals surface area contributed by atoms with Crippen molar-refractivity contribution in [1.82, 2.24) is 10.2 Å². The van der Waals surface area contributed by atoms with E-state index in [1.807, 2.05) is 0 Å². The van der Waals surface area contributed by atoms with Gasteiger partial charge in [-0.05, 0) is 12.8 Å². The van der Waals surface area contributed by atoms with Gasteiger partial charge in [-0.15, -0.1) is 0 Å². The van der Waals surface area contributed by atoms with Gasteiger partial charge in [-0.1, -0.05) is 12.8 Å². The lowest BCUT2D eigenvalue weighted by molar-refractivity contribution is -0.187. The Balaban J connectivity index is 2.01. The lowest BCUT2D eigenvalue weighted by Gasteiger charge is -2.32. The molecule has 1 heterocycles. The predicted molar refractivity (Wildman–Crippen MR) is 73.8 cm³/mol. The van der Waals surface area contributed by atoms with Crippen molar-refractivity contribution in [2.45, 2.75) is 44.0 Å². The van der Waals surface area contributed by atoms with E-state index in [0.29, 0.717) is 6.42 Å². The van der Waals surface area contributed by atoms with E-state index in [1.165, 1.54) is 7.11 Å². The van der Waals surface area contributed by atoms with E-state index in [1.54, 1.807) is 0 Å². The number of nitrogens with one attached hydrogen (secondary N) is 1. The highest BCUT2D eigenvalue weighted by molar-refractivity contribution is 5.78. The highest BCUT2D eigenvalue weighted by Gasteiger charge is 2.53. The number of rotatable bonds is 3. The predicted octanol–water partition coefficient (Wildman–Crippen LogP) is 1.85. The highest BCUT2D eigenvalue weighted by atomic mass is 19.4. The highest BCUT2D eigenvalue weighted by Crippen LogP contribution is 2.37. The summed E-state index contributed by atoms with van der Waals surface area (Å²) >= 11 is 0. The summed E-state index contributed by atoms with van der Waals surface area (Å²) in [5.74, 6) is -5.18. The van der Waals surface area contributed by atoms with Crippen LogP contribution in [0.1, 0.15) is 25.7 Å². The molecule has 23 heavy (non-hydrogen) atoms. The van der Waals surface area contributed by atoms with Crippen LogP contribution >= 0.6 is 0 Å². The van der Waals surface area contributed by atoms with Crippen molar-refractivity contribution in [2.24, 2.45) is 11.8 Å². The monoisotopic (exact) mass is 338 g/mol. The van der Waals surface area contributed by atoms with Gasteiger partial charge < -0.3 is 20.1 Å². The Morgan fingerprint density at radius 2 is 1.87 bits per heavy atom. The second-order valence-electron chi connectivity index (χ2n) is 6.11. The first-order valence-electron chi connectivity index (χ1n) is 7.61. The zero-order valence-electron chi connectivity index (χ0n) is 12.8. The summed E-state index contributed by atoms with van der Waals surface area (Å²) in [5, 5.41) is 11.7. The minimum absolute atomic E-state index is 0.163. The van der Waals surface area contributed by atoms with E-state index < -0.39 is 43.1 Å². The molecule has 0 aromatic heterocycles. The topological polar surface area (TPSA) is 78.9 Å². The number of urea groups is 1. The molecule has 1 saturated carbocycles. The fraction of sp³-hybridized carbons (Fsp3) is 0.857. The maximum absolute atomic E-state index is 12.9. The zero-order valence-corrected chi connectivity index (χ0v) is 12.8. The van der Waals surface area contributed by atoms with Gasteiger partial charge in [0, 0.05) is 20.2 Å². The third kappa shape index (κ3) is 4.07. The van der Waals surface area contributed by atoms with Gasteiger partial charge in [0.25, 0.3) is 0 Å². The summed E-state index contributed by atoms with van der Waals surface area (Å²) in [5.41, 5.74) is 0. The molecule has 0 bridgehead atoms. The van der Waals surface area contributed by atoms with Gasteiger partial charge in [-0.25, -0.2) is 4.79 Å². The minimum Gasteiger partial charge on any atom is -0.481 e. The number of amides is 2. The van der Waals surface area contributed by atoms with E-state index in [-0.39, 0.29) is 12.1 Å². The van der Waals surface area contributed by atoms with Crippen LogP contribution in [0, 0.1) is 11.8 Å². The van der Waals surface area contributed by atoms with Crippen molar-refractivity contribution in [1.29, 1.82) is 0 Å². The molecule has 2 N–H and O–H groups in total. The summed E-state index contributed by atoms with van der Waals surface area (Å²) in [7, 11) is 1.53. The lowest BCUT2D eigenvalue weighted by atomic mass is 9.92. The lowest BCUT2D eigenvalue weighted by Crippen LogP contribution is -2.50. The number of halogens is 3. The van der Waals surface area contributed by atoms with E-state index >= 15 is 0 Å². The fourth-order valence-electron chi connectivity index (χ4n) is 3.35. The molecule has 9 heteroatoms. The second kappa shape index (κ2) is 6.94. The Bertz CT molecular complexity index is 458. The average molecular weight is 338 g/mol. The molecule has 2 fully saturated rings. The van der Waals surface area contributed by atoms with E-state index in [2.05, 4.69) is 5.32 Å². The van der Waals surface area contributed by atoms with Crippen LogP contribution in [0.15, 0.2) is 0 Å². The third-order valence-electron chi connectivity index (χ3n) is 4.66. The Hall–Kier alpha value is -1.51. The van der Waals surface area contributed by atoms with Gasteiger partial charge in [0.2, 0.25) is 0 Å². The zero-order chi connectivity index (χ0) is 17.2. The molecule has 1 aliphatic carbocycles. The van der Waals surface area contributed by atoms with Gasteiger partial charge in [0.15, 0.2) is 0 Å². The number of aliphatic carboxylic acids is 1. The molecule has 0 spiro atoms. The van der Waals surface area contributed by atoms with Gasteiger partial charge in [0.05, 0.1) is 24.0 Å². The SMILES string of the molecule is CO[C@@H]1CCCC[C@H]1NC(=O)N1C[C@@H](C(F)(F)F)[C@H](C(=O)O)C1. The van der Waals surface area contributed by atoms with Crippen LogP contribution in [0.5, 0.6) is 0 Å². The summed E-state index contributed by atoms with van der Waals surface area (Å²) in [6.07, 6.45) is -1.44. The number of carboxylic acids is 1. The van der Waals surface area contributed by atoms with Gasteiger partial charge >= 0.3 is 18.2 Å². The summed E-state index contributed by atoms with van der Waals surface area (Å²) in [4.78, 5) is 24.2. The number of carbonyl (C=O) groups is 2. The average Bonchev–Trinajstić information content (AvgIpc) is 2.93. The van der Waals surface area contributed by atoms with Crippen LogP contribution in [-0.4, -0.2) is 60.5 Å². The van der Waals surface area contributed by atoms with Crippen LogP contribution in [0.2, 0.25) is 0 Å². The Morgan fingerprint density at radius 3 is 2.39 bits per heavy atom. The Morgan fingerprint density at radius 1 is 1.22 bits per heavy atom. The number of likely N-dealkylation sites (tertiary alicyclic amines) is 1. The number of methoxy groups -OCH3 is 1. The van der Waals surface area contributed by atoms with E-state index in [4.69, 9.17) is 9.84 Å². The molecule has 0 aromatic carbocycles. The quantitative estimate of drug-likeness (QED) is 0.823. The summed E-state index contributed by atoms with van der Waals surface area (Å²) in [6.45, 7) is -1.06. The number of nitrogens with zero attached hydrogens (tertiary/aromatic N) is 1. The molecular formula is C14H21F3N2O4. The Kier molecular flexibility index (Phi) is 5.38. The Labute approximate surface area is 132 Å². The molecule has 2 amide bonds. The van der Waals surface area contributed by atoms with Crippen molar-refractivity contribution in [3.8, 4) is 0 Å². The molecule has 0 aromatic rings. The molecule has 132 valence electrons. The molecule has 1 saturated heterocycles. The van der Waals surface area contributed by atoms with Gasteiger partial charge in [-0.3, -0.25) is 4.79 Å². The number of alkyl halides is 3. The molecular weight excluding hydrogens is 317 g/mol. The standard InChI is InChI=1S/C14H21F3N2O4/c1-23-11-5-3-2-4-10(11)18-13(22)19-6-8(12(20)21)9(7-19)14(15,16)17/h8-11H,2-7H2,1H3,(H,18,22)(H,20,21)/t8-,9-,10-,11-/m1/s1. The maximum atomic E-state index is 12.9. The van der Waals surface area contributed by atoms with Crippen LogP contribution < -0.4 is 5.32 Å². The molecule has 2 aliphatic rings. The first kappa shape index (κ1) is 17.8. The van der Waals surface area contributed by atoms with Crippen molar-refractivity contribution in [3.63, 3.8) is 0 Å². The van der Waals surface area contributed by atoms with Crippen LogP contribution in [0.25, 0.3) is 0 Å². The maximum Gasteiger partial charge on any atom is 0.394 e. The summed E-state index contributed by atoms with van der Waals surface area (Å²) in [6, 6.07) is -0.911. The third-order valence-corrected chi connectivity index (χ3v) is 4.66. The molecule has 0 radical (unpaired) electrons. The number of hydrogen-bond acceptors (Lipinski definition) is 3. The smallest absolute Gasteiger partial charge is 0.394 e. The number of hydrogen-bond donors (Lipinski definition) is 2. The van der Waals surface area contributed by atoms with Crippen LogP contribution in [0.3, 0.4) is 0 Å². The van der Waals surface area contributed by atoms with Crippen LogP contribution in [0.4, 0.5) is 18.0 Å². The normalized spacial score (nSPS) is 31.9. The van der Waals surface area contributed by atoms with Gasteiger partial charge in [-0.2, -0.15) is 13.2 Å². The molecule has 6 nitrogen and oxygen atoms in total. The van der Waals surface area contributed by atoms with E-state index in [0.717, 1.165) is 24.2 Å². The number of carboxylic acid groups (broad SMARTS) is 1. The van der Waals surface area contributed by atoms with Crippen LogP contribution in [-0.2, 0) is 9.53 Å². The number of ether oxygens (including phenoxy) is 1. The molecule has 1 aliphatic heterocycles. The second-order valence-corrected chi connectivity index (χ2v) is 6.11.